The molecule has 2 heterocycles. The van der Waals surface area contributed by atoms with Crippen molar-refractivity contribution in [1.29, 1.82) is 0 Å². The molecule has 2 amide bonds. The number of hydrogen-bond donors (Lipinski definition) is 4. The number of carbonyl (C=O) groups excluding carboxylic acids is 2. The number of hydrogen-bond acceptors (Lipinski definition) is 5. The van der Waals surface area contributed by atoms with Crippen LogP contribution in [0.15, 0.2) is 48.5 Å². The largest absolute Gasteiger partial charge is 0.388 e. The Morgan fingerprint density at radius 2 is 1.91 bits per heavy atom. The van der Waals surface area contributed by atoms with E-state index in [0.29, 0.717) is 28.6 Å². The standard InChI is InChI=1S/C24H23ClN4O3S/c1-13-11-20(15-5-8-17-18(12-15)28-29-21(17)23(31)26-2)33-22(13)24(32)27-10-9-19(30)14-3-6-16(25)7-4-14/h3-8,11-12,19,30H,9-10H2,1-2H3,(H,26,31)(H,27,32)(H,28,29). The van der Waals surface area contributed by atoms with E-state index in [1.165, 1.54) is 11.3 Å². The highest BCUT2D eigenvalue weighted by Gasteiger charge is 2.17. The fourth-order valence-electron chi connectivity index (χ4n) is 3.57. The number of aliphatic hydroxyl groups is 1. The molecular formula is C24H23ClN4O3S. The van der Waals surface area contributed by atoms with E-state index >= 15 is 0 Å². The number of benzene rings is 2. The molecular weight excluding hydrogens is 460 g/mol. The van der Waals surface area contributed by atoms with E-state index in [1.54, 1.807) is 31.3 Å². The summed E-state index contributed by atoms with van der Waals surface area (Å²) in [7, 11) is 1.57. The van der Waals surface area contributed by atoms with Gasteiger partial charge in [0, 0.05) is 28.9 Å². The van der Waals surface area contributed by atoms with Crippen LogP contribution in [0.25, 0.3) is 21.3 Å². The molecule has 4 rings (SSSR count). The second kappa shape index (κ2) is 9.74. The molecule has 0 saturated heterocycles. The molecule has 0 bridgehead atoms. The first kappa shape index (κ1) is 23.0. The van der Waals surface area contributed by atoms with Crippen LogP contribution in [0.4, 0.5) is 0 Å². The van der Waals surface area contributed by atoms with Gasteiger partial charge in [-0.15, -0.1) is 11.3 Å². The fraction of sp³-hybridized carbons (Fsp3) is 0.208. The van der Waals surface area contributed by atoms with E-state index in [-0.39, 0.29) is 11.8 Å². The Bertz CT molecular complexity index is 1310. The second-order valence-electron chi connectivity index (χ2n) is 7.65. The lowest BCUT2D eigenvalue weighted by atomic mass is 10.1. The highest BCUT2D eigenvalue weighted by atomic mass is 35.5. The van der Waals surface area contributed by atoms with E-state index in [0.717, 1.165) is 32.5 Å². The molecule has 0 aliphatic rings. The van der Waals surface area contributed by atoms with Crippen LogP contribution in [0.3, 0.4) is 0 Å². The quantitative estimate of drug-likeness (QED) is 0.312. The molecule has 33 heavy (non-hydrogen) atoms. The van der Waals surface area contributed by atoms with Crippen molar-refractivity contribution in [3.8, 4) is 10.4 Å². The average Bonchev–Trinajstić information content (AvgIpc) is 3.42. The van der Waals surface area contributed by atoms with Gasteiger partial charge < -0.3 is 15.7 Å². The maximum atomic E-state index is 12.7. The minimum absolute atomic E-state index is 0.170. The number of H-pyrrole nitrogens is 1. The maximum Gasteiger partial charge on any atom is 0.272 e. The summed E-state index contributed by atoms with van der Waals surface area (Å²) < 4.78 is 0. The van der Waals surface area contributed by atoms with Crippen LogP contribution in [-0.4, -0.2) is 40.7 Å². The lowest BCUT2D eigenvalue weighted by Crippen LogP contribution is -2.25. The lowest BCUT2D eigenvalue weighted by Gasteiger charge is -2.11. The fourth-order valence-corrected chi connectivity index (χ4v) is 4.78. The Labute approximate surface area is 199 Å². The summed E-state index contributed by atoms with van der Waals surface area (Å²) in [5, 5.41) is 24.1. The first-order chi connectivity index (χ1) is 15.9. The van der Waals surface area contributed by atoms with Crippen LogP contribution in [0.5, 0.6) is 0 Å². The third-order valence-electron chi connectivity index (χ3n) is 5.37. The summed E-state index contributed by atoms with van der Waals surface area (Å²) >= 11 is 7.28. The van der Waals surface area contributed by atoms with Gasteiger partial charge in [-0.3, -0.25) is 14.7 Å². The van der Waals surface area contributed by atoms with Crippen molar-refractivity contribution in [2.24, 2.45) is 0 Å². The molecule has 4 aromatic rings. The predicted molar refractivity (Wildman–Crippen MR) is 131 cm³/mol. The minimum Gasteiger partial charge on any atom is -0.388 e. The van der Waals surface area contributed by atoms with Gasteiger partial charge in [0.2, 0.25) is 0 Å². The molecule has 2 aromatic heterocycles. The number of fused-ring (bicyclic) bond motifs is 1. The van der Waals surface area contributed by atoms with Crippen molar-refractivity contribution >= 4 is 45.7 Å². The van der Waals surface area contributed by atoms with Crippen molar-refractivity contribution in [2.45, 2.75) is 19.4 Å². The Kier molecular flexibility index (Phi) is 6.78. The van der Waals surface area contributed by atoms with Crippen LogP contribution in [0.1, 0.15) is 43.8 Å². The minimum atomic E-state index is -0.677. The monoisotopic (exact) mass is 482 g/mol. The number of nitrogens with zero attached hydrogens (tertiary/aromatic N) is 1. The number of nitrogens with one attached hydrogen (secondary N) is 3. The van der Waals surface area contributed by atoms with Gasteiger partial charge in [0.25, 0.3) is 11.8 Å². The van der Waals surface area contributed by atoms with E-state index in [4.69, 9.17) is 11.6 Å². The maximum absolute atomic E-state index is 12.7. The van der Waals surface area contributed by atoms with Gasteiger partial charge in [0.15, 0.2) is 5.69 Å². The van der Waals surface area contributed by atoms with Gasteiger partial charge in [0.1, 0.15) is 0 Å². The van der Waals surface area contributed by atoms with Gasteiger partial charge in [-0.05, 0) is 60.4 Å². The Balaban J connectivity index is 1.43. The SMILES string of the molecule is CNC(=O)c1n[nH]c2cc(-c3cc(C)c(C(=O)NCCC(O)c4ccc(Cl)cc4)s3)ccc12. The number of aryl methyl sites for hydroxylation is 1. The first-order valence-corrected chi connectivity index (χ1v) is 11.6. The Morgan fingerprint density at radius 1 is 1.15 bits per heavy atom. The second-order valence-corrected chi connectivity index (χ2v) is 9.14. The molecule has 0 fully saturated rings. The summed E-state index contributed by atoms with van der Waals surface area (Å²) in [4.78, 5) is 26.2. The molecule has 0 aliphatic heterocycles. The molecule has 2 aromatic carbocycles. The molecule has 7 nitrogen and oxygen atoms in total. The van der Waals surface area contributed by atoms with E-state index in [1.807, 2.05) is 31.2 Å². The van der Waals surface area contributed by atoms with Crippen LogP contribution < -0.4 is 10.6 Å². The highest BCUT2D eigenvalue weighted by molar-refractivity contribution is 7.17. The zero-order valence-electron chi connectivity index (χ0n) is 18.1. The molecule has 0 saturated carbocycles. The molecule has 1 unspecified atom stereocenters. The van der Waals surface area contributed by atoms with Crippen molar-refractivity contribution in [3.63, 3.8) is 0 Å². The number of thiophene rings is 1. The summed E-state index contributed by atoms with van der Waals surface area (Å²) in [5.74, 6) is -0.419. The van der Waals surface area contributed by atoms with Gasteiger partial charge in [-0.2, -0.15) is 5.10 Å². The van der Waals surface area contributed by atoms with Crippen molar-refractivity contribution in [1.82, 2.24) is 20.8 Å². The van der Waals surface area contributed by atoms with Crippen molar-refractivity contribution in [3.05, 3.63) is 75.3 Å². The van der Waals surface area contributed by atoms with Crippen molar-refractivity contribution < 1.29 is 14.7 Å². The van der Waals surface area contributed by atoms with Crippen LogP contribution in [0.2, 0.25) is 5.02 Å². The number of halogens is 1. The lowest BCUT2D eigenvalue weighted by molar-refractivity contribution is 0.0942. The molecule has 1 atom stereocenters. The molecule has 0 aliphatic carbocycles. The van der Waals surface area contributed by atoms with Gasteiger partial charge >= 0.3 is 0 Å². The van der Waals surface area contributed by atoms with Crippen LogP contribution >= 0.6 is 22.9 Å². The zero-order valence-corrected chi connectivity index (χ0v) is 19.7. The topological polar surface area (TPSA) is 107 Å². The zero-order chi connectivity index (χ0) is 23.5. The van der Waals surface area contributed by atoms with E-state index in [9.17, 15) is 14.7 Å². The van der Waals surface area contributed by atoms with Crippen LogP contribution in [0, 0.1) is 6.92 Å². The summed E-state index contributed by atoms with van der Waals surface area (Å²) in [6, 6.07) is 14.7. The van der Waals surface area contributed by atoms with E-state index < -0.39 is 6.10 Å². The number of aromatic nitrogens is 2. The average molecular weight is 483 g/mol. The molecule has 4 N–H and O–H groups in total. The van der Waals surface area contributed by atoms with Crippen molar-refractivity contribution in [2.75, 3.05) is 13.6 Å². The van der Waals surface area contributed by atoms with Crippen LogP contribution in [-0.2, 0) is 0 Å². The summed E-state index contributed by atoms with van der Waals surface area (Å²) in [6.07, 6.45) is -0.280. The number of amides is 2. The molecule has 9 heteroatoms. The number of rotatable bonds is 7. The van der Waals surface area contributed by atoms with E-state index in [2.05, 4.69) is 20.8 Å². The third-order valence-corrected chi connectivity index (χ3v) is 6.91. The Morgan fingerprint density at radius 3 is 2.64 bits per heavy atom. The molecule has 0 spiro atoms. The normalized spacial score (nSPS) is 12.0. The van der Waals surface area contributed by atoms with Gasteiger partial charge in [-0.1, -0.05) is 29.8 Å². The predicted octanol–water partition coefficient (Wildman–Crippen LogP) is 4.47. The third kappa shape index (κ3) is 4.93. The number of aromatic amines is 1. The highest BCUT2D eigenvalue weighted by Crippen LogP contribution is 2.33. The van der Waals surface area contributed by atoms with Gasteiger partial charge in [-0.25, -0.2) is 0 Å². The molecule has 0 radical (unpaired) electrons. The first-order valence-electron chi connectivity index (χ1n) is 10.4. The number of carbonyl (C=O) groups is 2. The summed E-state index contributed by atoms with van der Waals surface area (Å²) in [5.41, 5.74) is 3.67. The number of aliphatic hydroxyl groups excluding tert-OH is 1. The summed E-state index contributed by atoms with van der Waals surface area (Å²) in [6.45, 7) is 2.24. The molecule has 170 valence electrons. The smallest absolute Gasteiger partial charge is 0.272 e. The van der Waals surface area contributed by atoms with Gasteiger partial charge in [0.05, 0.1) is 16.5 Å². The Hall–Kier alpha value is -3.20.